The van der Waals surface area contributed by atoms with Crippen LogP contribution in [0.2, 0.25) is 0 Å². The summed E-state index contributed by atoms with van der Waals surface area (Å²) in [6.07, 6.45) is 0. The van der Waals surface area contributed by atoms with Crippen LogP contribution in [0.15, 0.2) is 18.2 Å². The summed E-state index contributed by atoms with van der Waals surface area (Å²) in [5, 5.41) is 6.89. The van der Waals surface area contributed by atoms with Crippen molar-refractivity contribution >= 4 is 0 Å². The first-order chi connectivity index (χ1) is 8.63. The molecule has 0 aliphatic heterocycles. The Kier molecular flexibility index (Phi) is 6.94. The van der Waals surface area contributed by atoms with Crippen molar-refractivity contribution < 1.29 is 4.74 Å². The van der Waals surface area contributed by atoms with E-state index in [0.717, 1.165) is 26.2 Å². The van der Waals surface area contributed by atoms with Crippen molar-refractivity contribution in [3.05, 3.63) is 34.9 Å². The first kappa shape index (κ1) is 15.2. The van der Waals surface area contributed by atoms with Crippen LogP contribution < -0.4 is 10.6 Å². The van der Waals surface area contributed by atoms with Crippen LogP contribution in [0.4, 0.5) is 0 Å². The molecule has 0 saturated carbocycles. The van der Waals surface area contributed by atoms with Gasteiger partial charge < -0.3 is 15.4 Å². The molecule has 1 aromatic rings. The molecule has 3 heteroatoms. The van der Waals surface area contributed by atoms with E-state index in [4.69, 9.17) is 4.74 Å². The minimum absolute atomic E-state index is 0.461. The highest BCUT2D eigenvalue weighted by atomic mass is 16.5. The van der Waals surface area contributed by atoms with Crippen molar-refractivity contribution in [2.75, 3.05) is 26.8 Å². The minimum atomic E-state index is 0.461. The van der Waals surface area contributed by atoms with Crippen LogP contribution in [-0.4, -0.2) is 32.8 Å². The minimum Gasteiger partial charge on any atom is -0.383 e. The average Bonchev–Trinajstić information content (AvgIpc) is 2.33. The Bertz CT molecular complexity index is 352. The lowest BCUT2D eigenvalue weighted by Gasteiger charge is -2.16. The fraction of sp³-hybridized carbons (Fsp3) is 0.600. The van der Waals surface area contributed by atoms with E-state index < -0.39 is 0 Å². The third kappa shape index (κ3) is 5.63. The summed E-state index contributed by atoms with van der Waals surface area (Å²) in [5.74, 6) is 0. The lowest BCUT2D eigenvalue weighted by molar-refractivity contribution is 0.198. The van der Waals surface area contributed by atoms with Gasteiger partial charge in [-0.15, -0.1) is 0 Å². The topological polar surface area (TPSA) is 33.3 Å². The van der Waals surface area contributed by atoms with Crippen LogP contribution in [0.5, 0.6) is 0 Å². The Labute approximate surface area is 111 Å². The van der Waals surface area contributed by atoms with Crippen LogP contribution in [0.3, 0.4) is 0 Å². The Morgan fingerprint density at radius 1 is 1.28 bits per heavy atom. The van der Waals surface area contributed by atoms with Gasteiger partial charge in [-0.2, -0.15) is 0 Å². The number of rotatable bonds is 8. The average molecular weight is 250 g/mol. The molecule has 18 heavy (non-hydrogen) atoms. The number of benzene rings is 1. The monoisotopic (exact) mass is 250 g/mol. The van der Waals surface area contributed by atoms with Gasteiger partial charge in [0.25, 0.3) is 0 Å². The summed E-state index contributed by atoms with van der Waals surface area (Å²) < 4.78 is 5.00. The maximum absolute atomic E-state index is 5.00. The molecule has 1 unspecified atom stereocenters. The molecule has 1 rings (SSSR count). The van der Waals surface area contributed by atoms with Gasteiger partial charge in [-0.25, -0.2) is 0 Å². The zero-order chi connectivity index (χ0) is 13.4. The normalized spacial score (nSPS) is 12.7. The number of aryl methyl sites for hydroxylation is 2. The van der Waals surface area contributed by atoms with Crippen molar-refractivity contribution in [3.63, 3.8) is 0 Å². The maximum Gasteiger partial charge on any atom is 0.0587 e. The molecular weight excluding hydrogens is 224 g/mol. The van der Waals surface area contributed by atoms with Gasteiger partial charge in [0, 0.05) is 32.8 Å². The molecule has 2 N–H and O–H groups in total. The van der Waals surface area contributed by atoms with Gasteiger partial charge in [0.2, 0.25) is 0 Å². The van der Waals surface area contributed by atoms with Crippen LogP contribution in [0.1, 0.15) is 23.6 Å². The molecule has 3 nitrogen and oxygen atoms in total. The summed E-state index contributed by atoms with van der Waals surface area (Å²) in [7, 11) is 1.73. The van der Waals surface area contributed by atoms with Gasteiger partial charge in [-0.3, -0.25) is 0 Å². The Morgan fingerprint density at radius 3 is 2.72 bits per heavy atom. The van der Waals surface area contributed by atoms with Gasteiger partial charge in [-0.1, -0.05) is 23.8 Å². The molecule has 0 amide bonds. The second-order valence-electron chi connectivity index (χ2n) is 4.91. The SMILES string of the molecule is COCCNCC(C)NCc1ccc(C)cc1C. The molecule has 0 spiro atoms. The molecule has 102 valence electrons. The van der Waals surface area contributed by atoms with E-state index in [-0.39, 0.29) is 0 Å². The van der Waals surface area contributed by atoms with Crippen molar-refractivity contribution in [1.82, 2.24) is 10.6 Å². The van der Waals surface area contributed by atoms with Crippen molar-refractivity contribution in [2.45, 2.75) is 33.4 Å². The predicted molar refractivity (Wildman–Crippen MR) is 77.0 cm³/mol. The van der Waals surface area contributed by atoms with E-state index in [2.05, 4.69) is 49.6 Å². The highest BCUT2D eigenvalue weighted by molar-refractivity contribution is 5.30. The molecule has 0 aromatic heterocycles. The molecule has 0 heterocycles. The Hall–Kier alpha value is -0.900. The first-order valence-corrected chi connectivity index (χ1v) is 6.62. The van der Waals surface area contributed by atoms with E-state index >= 15 is 0 Å². The Morgan fingerprint density at radius 2 is 2.06 bits per heavy atom. The molecular formula is C15H26N2O. The molecule has 0 aliphatic rings. The summed E-state index contributed by atoms with van der Waals surface area (Å²) in [5.41, 5.74) is 4.07. The zero-order valence-electron chi connectivity index (χ0n) is 12.0. The lowest BCUT2D eigenvalue weighted by Crippen LogP contribution is -2.37. The number of nitrogens with one attached hydrogen (secondary N) is 2. The van der Waals surface area contributed by atoms with Crippen molar-refractivity contribution in [2.24, 2.45) is 0 Å². The van der Waals surface area contributed by atoms with E-state index in [1.54, 1.807) is 7.11 Å². The molecule has 1 atom stereocenters. The van der Waals surface area contributed by atoms with Crippen LogP contribution >= 0.6 is 0 Å². The summed E-state index contributed by atoms with van der Waals surface area (Å²) >= 11 is 0. The summed E-state index contributed by atoms with van der Waals surface area (Å²) in [6.45, 7) is 10.1. The van der Waals surface area contributed by atoms with Gasteiger partial charge >= 0.3 is 0 Å². The van der Waals surface area contributed by atoms with E-state index in [1.807, 2.05) is 0 Å². The summed E-state index contributed by atoms with van der Waals surface area (Å²) in [6, 6.07) is 7.08. The molecule has 0 radical (unpaired) electrons. The highest BCUT2D eigenvalue weighted by Crippen LogP contribution is 2.10. The summed E-state index contributed by atoms with van der Waals surface area (Å²) in [4.78, 5) is 0. The van der Waals surface area contributed by atoms with Crippen LogP contribution in [0.25, 0.3) is 0 Å². The van der Waals surface area contributed by atoms with E-state index in [9.17, 15) is 0 Å². The fourth-order valence-corrected chi connectivity index (χ4v) is 1.89. The molecule has 0 aliphatic carbocycles. The van der Waals surface area contributed by atoms with Crippen molar-refractivity contribution in [1.29, 1.82) is 0 Å². The van der Waals surface area contributed by atoms with Crippen LogP contribution in [-0.2, 0) is 11.3 Å². The highest BCUT2D eigenvalue weighted by Gasteiger charge is 2.03. The zero-order valence-corrected chi connectivity index (χ0v) is 12.0. The van der Waals surface area contributed by atoms with E-state index in [0.29, 0.717) is 6.04 Å². The Balaban J connectivity index is 2.27. The van der Waals surface area contributed by atoms with Crippen LogP contribution in [0, 0.1) is 13.8 Å². The second kappa shape index (κ2) is 8.25. The number of hydrogen-bond donors (Lipinski definition) is 2. The third-order valence-corrected chi connectivity index (χ3v) is 3.07. The number of ether oxygens (including phenoxy) is 1. The van der Waals surface area contributed by atoms with Gasteiger partial charge in [0.15, 0.2) is 0 Å². The first-order valence-electron chi connectivity index (χ1n) is 6.62. The fourth-order valence-electron chi connectivity index (χ4n) is 1.89. The van der Waals surface area contributed by atoms with Crippen molar-refractivity contribution in [3.8, 4) is 0 Å². The predicted octanol–water partition coefficient (Wildman–Crippen LogP) is 2.02. The van der Waals surface area contributed by atoms with E-state index in [1.165, 1.54) is 16.7 Å². The number of methoxy groups -OCH3 is 1. The van der Waals surface area contributed by atoms with Gasteiger partial charge in [-0.05, 0) is 31.9 Å². The molecule has 0 bridgehead atoms. The standard InChI is InChI=1S/C15H26N2O/c1-12-5-6-15(13(2)9-12)11-17-14(3)10-16-7-8-18-4/h5-6,9,14,16-17H,7-8,10-11H2,1-4H3. The largest absolute Gasteiger partial charge is 0.383 e. The molecule has 0 saturated heterocycles. The van der Waals surface area contributed by atoms with Gasteiger partial charge in [0.05, 0.1) is 6.61 Å². The van der Waals surface area contributed by atoms with Gasteiger partial charge in [0.1, 0.15) is 0 Å². The maximum atomic E-state index is 5.00. The second-order valence-corrected chi connectivity index (χ2v) is 4.91. The molecule has 0 fully saturated rings. The smallest absolute Gasteiger partial charge is 0.0587 e. The molecule has 1 aromatic carbocycles. The lowest BCUT2D eigenvalue weighted by atomic mass is 10.1. The number of hydrogen-bond acceptors (Lipinski definition) is 3. The quantitative estimate of drug-likeness (QED) is 0.693. The third-order valence-electron chi connectivity index (χ3n) is 3.07.